The van der Waals surface area contributed by atoms with Crippen LogP contribution in [-0.4, -0.2) is 48.6 Å². The number of aryl methyl sites for hydroxylation is 1. The van der Waals surface area contributed by atoms with Gasteiger partial charge in [0.1, 0.15) is 17.5 Å². The lowest BCUT2D eigenvalue weighted by Gasteiger charge is -2.34. The molecule has 1 saturated heterocycles. The SMILES string of the molecule is Cc1nc(NN)c(C)c(N2CCC(CN(C)C)CC2)n1. The van der Waals surface area contributed by atoms with Crippen LogP contribution in [0.4, 0.5) is 11.6 Å². The molecule has 20 heavy (non-hydrogen) atoms. The van der Waals surface area contributed by atoms with Crippen LogP contribution in [0.15, 0.2) is 0 Å². The zero-order valence-electron chi connectivity index (χ0n) is 13.0. The molecule has 1 aliphatic rings. The third-order valence-electron chi connectivity index (χ3n) is 3.91. The summed E-state index contributed by atoms with van der Waals surface area (Å²) in [4.78, 5) is 13.6. The van der Waals surface area contributed by atoms with E-state index in [9.17, 15) is 0 Å². The zero-order valence-corrected chi connectivity index (χ0v) is 13.0. The molecular weight excluding hydrogens is 252 g/mol. The van der Waals surface area contributed by atoms with E-state index in [-0.39, 0.29) is 0 Å². The second-order valence-electron chi connectivity index (χ2n) is 5.91. The number of aromatic nitrogens is 2. The summed E-state index contributed by atoms with van der Waals surface area (Å²) in [5.74, 6) is 8.82. The summed E-state index contributed by atoms with van der Waals surface area (Å²) in [7, 11) is 4.28. The fraction of sp³-hybridized carbons (Fsp3) is 0.714. The number of nitrogens with zero attached hydrogens (tertiary/aromatic N) is 4. The van der Waals surface area contributed by atoms with Gasteiger partial charge in [-0.1, -0.05) is 0 Å². The van der Waals surface area contributed by atoms with E-state index in [1.165, 1.54) is 19.4 Å². The summed E-state index contributed by atoms with van der Waals surface area (Å²) in [6.07, 6.45) is 2.43. The largest absolute Gasteiger partial charge is 0.356 e. The highest BCUT2D eigenvalue weighted by molar-refractivity contribution is 5.58. The molecule has 0 bridgehead atoms. The lowest BCUT2D eigenvalue weighted by Crippen LogP contribution is -2.38. The normalized spacial score (nSPS) is 16.8. The minimum Gasteiger partial charge on any atom is -0.356 e. The van der Waals surface area contributed by atoms with Crippen LogP contribution in [0.3, 0.4) is 0 Å². The second kappa shape index (κ2) is 6.37. The summed E-state index contributed by atoms with van der Waals surface area (Å²) in [6.45, 7) is 7.21. The number of hydrogen-bond donors (Lipinski definition) is 2. The molecule has 0 radical (unpaired) electrons. The zero-order chi connectivity index (χ0) is 14.7. The topological polar surface area (TPSA) is 70.3 Å². The lowest BCUT2D eigenvalue weighted by atomic mass is 9.96. The lowest BCUT2D eigenvalue weighted by molar-refractivity contribution is 0.284. The van der Waals surface area contributed by atoms with Gasteiger partial charge in [-0.05, 0) is 46.7 Å². The molecule has 3 N–H and O–H groups in total. The van der Waals surface area contributed by atoms with Crippen LogP contribution >= 0.6 is 0 Å². The van der Waals surface area contributed by atoms with Crippen LogP contribution in [0.5, 0.6) is 0 Å². The van der Waals surface area contributed by atoms with Crippen molar-refractivity contribution in [3.05, 3.63) is 11.4 Å². The molecule has 1 fully saturated rings. The summed E-state index contributed by atoms with van der Waals surface area (Å²) in [6, 6.07) is 0. The van der Waals surface area contributed by atoms with Gasteiger partial charge in [0.25, 0.3) is 0 Å². The Morgan fingerprint density at radius 3 is 2.45 bits per heavy atom. The summed E-state index contributed by atoms with van der Waals surface area (Å²) in [5, 5.41) is 0. The first-order valence-electron chi connectivity index (χ1n) is 7.22. The number of piperidine rings is 1. The summed E-state index contributed by atoms with van der Waals surface area (Å²) >= 11 is 0. The van der Waals surface area contributed by atoms with Gasteiger partial charge in [0.15, 0.2) is 0 Å². The van der Waals surface area contributed by atoms with Gasteiger partial charge in [0.2, 0.25) is 0 Å². The summed E-state index contributed by atoms with van der Waals surface area (Å²) < 4.78 is 0. The maximum absolute atomic E-state index is 5.53. The number of nitrogens with two attached hydrogens (primary N) is 1. The van der Waals surface area contributed by atoms with Gasteiger partial charge in [-0.2, -0.15) is 0 Å². The van der Waals surface area contributed by atoms with E-state index < -0.39 is 0 Å². The summed E-state index contributed by atoms with van der Waals surface area (Å²) in [5.41, 5.74) is 3.70. The molecule has 6 heteroatoms. The van der Waals surface area contributed by atoms with E-state index in [2.05, 4.69) is 39.3 Å². The Labute approximate surface area is 121 Å². The van der Waals surface area contributed by atoms with Crippen molar-refractivity contribution < 1.29 is 0 Å². The quantitative estimate of drug-likeness (QED) is 0.636. The van der Waals surface area contributed by atoms with Crippen molar-refractivity contribution in [3.8, 4) is 0 Å². The van der Waals surface area contributed by atoms with Crippen LogP contribution in [0.25, 0.3) is 0 Å². The Balaban J connectivity index is 2.09. The highest BCUT2D eigenvalue weighted by atomic mass is 15.3. The van der Waals surface area contributed by atoms with Gasteiger partial charge in [-0.15, -0.1) is 0 Å². The van der Waals surface area contributed by atoms with Gasteiger partial charge in [0, 0.05) is 25.2 Å². The van der Waals surface area contributed by atoms with E-state index in [4.69, 9.17) is 5.84 Å². The average Bonchev–Trinajstić information content (AvgIpc) is 2.41. The Morgan fingerprint density at radius 2 is 1.90 bits per heavy atom. The van der Waals surface area contributed by atoms with Crippen molar-refractivity contribution in [1.82, 2.24) is 14.9 Å². The van der Waals surface area contributed by atoms with E-state index in [0.717, 1.165) is 42.0 Å². The number of hydrogen-bond acceptors (Lipinski definition) is 6. The fourth-order valence-electron chi connectivity index (χ4n) is 2.91. The average molecular weight is 278 g/mol. The molecule has 6 nitrogen and oxygen atoms in total. The Kier molecular flexibility index (Phi) is 4.77. The van der Waals surface area contributed by atoms with Crippen molar-refractivity contribution >= 4 is 11.6 Å². The molecule has 112 valence electrons. The van der Waals surface area contributed by atoms with Gasteiger partial charge in [-0.3, -0.25) is 0 Å². The number of hydrazine groups is 1. The van der Waals surface area contributed by atoms with Crippen LogP contribution in [0, 0.1) is 19.8 Å². The molecule has 0 amide bonds. The van der Waals surface area contributed by atoms with Crippen LogP contribution < -0.4 is 16.2 Å². The van der Waals surface area contributed by atoms with Crippen LogP contribution in [0.1, 0.15) is 24.2 Å². The predicted molar refractivity (Wildman–Crippen MR) is 82.8 cm³/mol. The van der Waals surface area contributed by atoms with Crippen molar-refractivity contribution in [2.75, 3.05) is 44.1 Å². The first-order valence-corrected chi connectivity index (χ1v) is 7.22. The predicted octanol–water partition coefficient (Wildman–Crippen LogP) is 1.16. The van der Waals surface area contributed by atoms with Crippen molar-refractivity contribution in [2.24, 2.45) is 11.8 Å². The van der Waals surface area contributed by atoms with Gasteiger partial charge < -0.3 is 15.2 Å². The highest BCUT2D eigenvalue weighted by Gasteiger charge is 2.23. The Hall–Kier alpha value is -1.40. The van der Waals surface area contributed by atoms with Crippen molar-refractivity contribution in [2.45, 2.75) is 26.7 Å². The Morgan fingerprint density at radius 1 is 1.25 bits per heavy atom. The van der Waals surface area contributed by atoms with Crippen LogP contribution in [-0.2, 0) is 0 Å². The van der Waals surface area contributed by atoms with Crippen molar-refractivity contribution in [1.29, 1.82) is 0 Å². The molecule has 0 spiro atoms. The Bertz CT molecular complexity index is 451. The highest BCUT2D eigenvalue weighted by Crippen LogP contribution is 2.27. The molecule has 0 atom stereocenters. The van der Waals surface area contributed by atoms with Crippen LogP contribution in [0.2, 0.25) is 0 Å². The smallest absolute Gasteiger partial charge is 0.148 e. The molecule has 0 saturated carbocycles. The number of nitrogens with one attached hydrogen (secondary N) is 1. The minimum atomic E-state index is 0.725. The van der Waals surface area contributed by atoms with Gasteiger partial charge in [-0.25, -0.2) is 15.8 Å². The molecule has 0 aromatic carbocycles. The number of nitrogen functional groups attached to an aromatic ring is 1. The molecule has 2 rings (SSSR count). The first kappa shape index (κ1) is 15.0. The maximum atomic E-state index is 5.53. The molecule has 0 unspecified atom stereocenters. The minimum absolute atomic E-state index is 0.725. The maximum Gasteiger partial charge on any atom is 0.148 e. The van der Waals surface area contributed by atoms with E-state index >= 15 is 0 Å². The molecule has 1 aromatic rings. The molecule has 1 aromatic heterocycles. The second-order valence-corrected chi connectivity index (χ2v) is 5.91. The third kappa shape index (κ3) is 3.37. The first-order chi connectivity index (χ1) is 9.51. The molecule has 0 aliphatic carbocycles. The number of anilines is 2. The molecular formula is C14H26N6. The van der Waals surface area contributed by atoms with E-state index in [1.807, 2.05) is 13.8 Å². The number of rotatable bonds is 4. The monoisotopic (exact) mass is 278 g/mol. The molecule has 1 aliphatic heterocycles. The third-order valence-corrected chi connectivity index (χ3v) is 3.91. The standard InChI is InChI=1S/C14H26N6/c1-10-13(18-15)16-11(2)17-14(10)20-7-5-12(6-8-20)9-19(3)4/h12H,5-9,15H2,1-4H3,(H,16,17,18). The van der Waals surface area contributed by atoms with Crippen molar-refractivity contribution in [3.63, 3.8) is 0 Å². The van der Waals surface area contributed by atoms with Gasteiger partial charge in [0.05, 0.1) is 0 Å². The fourth-order valence-corrected chi connectivity index (χ4v) is 2.91. The molecule has 2 heterocycles. The van der Waals surface area contributed by atoms with Gasteiger partial charge >= 0.3 is 0 Å². The van der Waals surface area contributed by atoms with E-state index in [0.29, 0.717) is 0 Å². The van der Waals surface area contributed by atoms with E-state index in [1.54, 1.807) is 0 Å².